The number of nitrogens with two attached hydrogens (primary N) is 1. The van der Waals surface area contributed by atoms with E-state index in [9.17, 15) is 24.3 Å². The van der Waals surface area contributed by atoms with Crippen LogP contribution < -0.4 is 16.4 Å². The number of nitrogens with zero attached hydrogens (tertiary/aromatic N) is 1. The molecule has 3 amide bonds. The van der Waals surface area contributed by atoms with Crippen LogP contribution in [-0.4, -0.2) is 64.4 Å². The average Bonchev–Trinajstić information content (AvgIpc) is 3.26. The molecule has 1 saturated heterocycles. The quantitative estimate of drug-likeness (QED) is 0.381. The third-order valence-corrected chi connectivity index (χ3v) is 6.03. The summed E-state index contributed by atoms with van der Waals surface area (Å²) >= 11 is 0. The molecule has 9 nitrogen and oxygen atoms in total. The van der Waals surface area contributed by atoms with Crippen molar-refractivity contribution in [2.24, 2.45) is 17.6 Å². The number of amides is 3. The first kappa shape index (κ1) is 27.3. The van der Waals surface area contributed by atoms with E-state index in [4.69, 9.17) is 5.73 Å². The highest BCUT2D eigenvalue weighted by Gasteiger charge is 2.40. The molecule has 188 valence electrons. The zero-order chi connectivity index (χ0) is 25.4. The second-order valence-corrected chi connectivity index (χ2v) is 9.75. The number of hydrogen-bond acceptors (Lipinski definition) is 5. The Labute approximate surface area is 201 Å². The van der Waals surface area contributed by atoms with Crippen molar-refractivity contribution in [3.63, 3.8) is 0 Å². The van der Waals surface area contributed by atoms with Gasteiger partial charge in [-0.25, -0.2) is 4.79 Å². The first-order valence-electron chi connectivity index (χ1n) is 11.9. The molecule has 2 rings (SSSR count). The molecule has 0 spiro atoms. The summed E-state index contributed by atoms with van der Waals surface area (Å²) in [6, 6.07) is 5.61. The van der Waals surface area contributed by atoms with Gasteiger partial charge < -0.3 is 26.4 Å². The predicted molar refractivity (Wildman–Crippen MR) is 129 cm³/mol. The van der Waals surface area contributed by atoms with Crippen LogP contribution in [-0.2, 0) is 25.6 Å². The number of carboxylic acid groups (broad SMARTS) is 1. The maximum absolute atomic E-state index is 13.4. The molecule has 5 N–H and O–H groups in total. The fourth-order valence-corrected chi connectivity index (χ4v) is 4.19. The molecule has 4 unspecified atom stereocenters. The Bertz CT molecular complexity index is 858. The van der Waals surface area contributed by atoms with Gasteiger partial charge in [0.05, 0.1) is 6.04 Å². The number of rotatable bonds is 11. The van der Waals surface area contributed by atoms with Crippen LogP contribution in [0.3, 0.4) is 0 Å². The van der Waals surface area contributed by atoms with Gasteiger partial charge in [0.2, 0.25) is 17.7 Å². The lowest BCUT2D eigenvalue weighted by atomic mass is 9.99. The molecule has 1 aliphatic heterocycles. The average molecular weight is 475 g/mol. The van der Waals surface area contributed by atoms with Gasteiger partial charge in [-0.15, -0.1) is 0 Å². The first-order chi connectivity index (χ1) is 16.0. The predicted octanol–water partition coefficient (Wildman–Crippen LogP) is 1.30. The van der Waals surface area contributed by atoms with Crippen molar-refractivity contribution in [2.45, 2.75) is 77.5 Å². The van der Waals surface area contributed by atoms with Gasteiger partial charge in [-0.2, -0.15) is 0 Å². The third kappa shape index (κ3) is 7.55. The van der Waals surface area contributed by atoms with Gasteiger partial charge in [0.15, 0.2) is 0 Å². The number of carbonyl (C=O) groups excluding carboxylic acids is 3. The van der Waals surface area contributed by atoms with Crippen LogP contribution in [0.25, 0.3) is 0 Å². The monoisotopic (exact) mass is 474 g/mol. The van der Waals surface area contributed by atoms with Crippen LogP contribution in [0.15, 0.2) is 30.3 Å². The molecule has 0 aromatic heterocycles. The molecule has 0 radical (unpaired) electrons. The molecule has 4 atom stereocenters. The summed E-state index contributed by atoms with van der Waals surface area (Å²) in [6.45, 7) is 7.94. The van der Waals surface area contributed by atoms with Gasteiger partial charge in [-0.1, -0.05) is 58.0 Å². The molecular formula is C25H38N4O5. The van der Waals surface area contributed by atoms with Crippen LogP contribution in [0.5, 0.6) is 0 Å². The summed E-state index contributed by atoms with van der Waals surface area (Å²) in [6.07, 6.45) is 1.69. The summed E-state index contributed by atoms with van der Waals surface area (Å²) in [5, 5.41) is 15.0. The highest BCUT2D eigenvalue weighted by molar-refractivity contribution is 5.94. The highest BCUT2D eigenvalue weighted by atomic mass is 16.4. The zero-order valence-electron chi connectivity index (χ0n) is 20.5. The molecule has 0 bridgehead atoms. The Morgan fingerprint density at radius 2 is 1.74 bits per heavy atom. The summed E-state index contributed by atoms with van der Waals surface area (Å²) in [5.74, 6) is -2.36. The molecule has 1 aromatic carbocycles. The first-order valence-corrected chi connectivity index (χ1v) is 11.9. The van der Waals surface area contributed by atoms with E-state index in [2.05, 4.69) is 10.6 Å². The molecule has 1 heterocycles. The standard InChI is InChI=1S/C25H38N4O5/c1-15(2)13-18(26)22(30)28-21(16(3)4)24(32)29-12-8-11-20(29)23(31)27-19(25(33)34)14-17-9-6-5-7-10-17/h5-7,9-10,15-16,18-21H,8,11-14,26H2,1-4H3,(H,27,31)(H,28,30)(H,33,34). The zero-order valence-corrected chi connectivity index (χ0v) is 20.5. The van der Waals surface area contributed by atoms with Crippen LogP contribution in [0.2, 0.25) is 0 Å². The lowest BCUT2D eigenvalue weighted by Crippen LogP contribution is -2.58. The van der Waals surface area contributed by atoms with Crippen molar-refractivity contribution >= 4 is 23.7 Å². The molecular weight excluding hydrogens is 436 g/mol. The van der Waals surface area contributed by atoms with Crippen LogP contribution in [0.1, 0.15) is 52.5 Å². The largest absolute Gasteiger partial charge is 0.480 e. The minimum atomic E-state index is -1.14. The summed E-state index contributed by atoms with van der Waals surface area (Å²) in [7, 11) is 0. The summed E-state index contributed by atoms with van der Waals surface area (Å²) < 4.78 is 0. The van der Waals surface area contributed by atoms with Crippen molar-refractivity contribution < 1.29 is 24.3 Å². The van der Waals surface area contributed by atoms with Gasteiger partial charge in [0.25, 0.3) is 0 Å². The third-order valence-electron chi connectivity index (χ3n) is 6.03. The normalized spacial score (nSPS) is 18.4. The van der Waals surface area contributed by atoms with E-state index in [0.717, 1.165) is 5.56 Å². The van der Waals surface area contributed by atoms with E-state index in [0.29, 0.717) is 25.8 Å². The number of benzene rings is 1. The number of carbonyl (C=O) groups is 4. The minimum Gasteiger partial charge on any atom is -0.480 e. The Morgan fingerprint density at radius 1 is 1.09 bits per heavy atom. The van der Waals surface area contributed by atoms with Crippen molar-refractivity contribution in [3.05, 3.63) is 35.9 Å². The molecule has 0 saturated carbocycles. The van der Waals surface area contributed by atoms with E-state index in [1.54, 1.807) is 24.3 Å². The van der Waals surface area contributed by atoms with E-state index in [1.165, 1.54) is 4.90 Å². The lowest BCUT2D eigenvalue weighted by Gasteiger charge is -2.31. The summed E-state index contributed by atoms with van der Waals surface area (Å²) in [4.78, 5) is 52.2. The SMILES string of the molecule is CC(C)CC(N)C(=O)NC(C(=O)N1CCCC1C(=O)NC(Cc1ccccc1)C(=O)O)C(C)C. The fourth-order valence-electron chi connectivity index (χ4n) is 4.19. The Hall–Kier alpha value is -2.94. The Morgan fingerprint density at radius 3 is 2.29 bits per heavy atom. The minimum absolute atomic E-state index is 0.140. The Kier molecular flexibility index (Phi) is 10.0. The van der Waals surface area contributed by atoms with Crippen LogP contribution in [0, 0.1) is 11.8 Å². The van der Waals surface area contributed by atoms with Gasteiger partial charge in [-0.3, -0.25) is 14.4 Å². The van der Waals surface area contributed by atoms with E-state index < -0.39 is 42.0 Å². The maximum atomic E-state index is 13.4. The van der Waals surface area contributed by atoms with Crippen LogP contribution in [0.4, 0.5) is 0 Å². The van der Waals surface area contributed by atoms with E-state index in [1.807, 2.05) is 33.8 Å². The topological polar surface area (TPSA) is 142 Å². The van der Waals surface area contributed by atoms with Crippen molar-refractivity contribution in [1.82, 2.24) is 15.5 Å². The van der Waals surface area contributed by atoms with Gasteiger partial charge in [0.1, 0.15) is 18.1 Å². The highest BCUT2D eigenvalue weighted by Crippen LogP contribution is 2.21. The fraction of sp³-hybridized carbons (Fsp3) is 0.600. The van der Waals surface area contributed by atoms with Gasteiger partial charge >= 0.3 is 5.97 Å². The number of carboxylic acids is 1. The Balaban J connectivity index is 2.09. The summed E-state index contributed by atoms with van der Waals surface area (Å²) in [5.41, 5.74) is 6.77. The van der Waals surface area contributed by atoms with E-state index in [-0.39, 0.29) is 24.2 Å². The second kappa shape index (κ2) is 12.5. The van der Waals surface area contributed by atoms with Crippen LogP contribution >= 0.6 is 0 Å². The molecule has 9 heteroatoms. The number of likely N-dealkylation sites (tertiary alicyclic amines) is 1. The van der Waals surface area contributed by atoms with Gasteiger partial charge in [-0.05, 0) is 36.7 Å². The van der Waals surface area contributed by atoms with Crippen molar-refractivity contribution in [3.8, 4) is 0 Å². The second-order valence-electron chi connectivity index (χ2n) is 9.75. The smallest absolute Gasteiger partial charge is 0.326 e. The molecule has 1 fully saturated rings. The van der Waals surface area contributed by atoms with Gasteiger partial charge in [0, 0.05) is 13.0 Å². The van der Waals surface area contributed by atoms with Crippen molar-refractivity contribution in [1.29, 1.82) is 0 Å². The number of aliphatic carboxylic acids is 1. The number of nitrogens with one attached hydrogen (secondary N) is 2. The molecule has 0 aliphatic carbocycles. The number of hydrogen-bond donors (Lipinski definition) is 4. The molecule has 1 aromatic rings. The molecule has 1 aliphatic rings. The maximum Gasteiger partial charge on any atom is 0.326 e. The lowest BCUT2D eigenvalue weighted by molar-refractivity contribution is -0.145. The molecule has 34 heavy (non-hydrogen) atoms. The van der Waals surface area contributed by atoms with Crippen molar-refractivity contribution in [2.75, 3.05) is 6.54 Å². The van der Waals surface area contributed by atoms with E-state index >= 15 is 0 Å².